The number of rotatable bonds is 6. The van der Waals surface area contributed by atoms with E-state index in [1.165, 1.54) is 5.56 Å². The van der Waals surface area contributed by atoms with Crippen LogP contribution in [0.15, 0.2) is 109 Å². The molecule has 214 valence electrons. The van der Waals surface area contributed by atoms with E-state index < -0.39 is 6.37 Å². The Bertz CT molecular complexity index is 2630. The fraction of sp³-hybridized carbons (Fsp3) is 0.158. The zero-order chi connectivity index (χ0) is 31.2. The number of aromatic nitrogens is 6. The van der Waals surface area contributed by atoms with Gasteiger partial charge in [0.2, 0.25) is 11.6 Å². The first-order valence-corrected chi connectivity index (χ1v) is 15.3. The molecule has 0 N–H and O–H groups in total. The highest BCUT2D eigenvalue weighted by Gasteiger charge is 2.21. The summed E-state index contributed by atoms with van der Waals surface area (Å²) in [6.07, 6.45) is 1.02. The standard InChI is InChI=1S/C38H32N6/c1-3-12-25-14-9-22-33-35(25)39-37-41(29-18-5-7-20-31(29)43(33)37)27-16-11-17-28(24-27)42-30-19-6-8-21-32(30)44-34-23-10-15-26(13-4-2)36(34)40-38(42)44/h5-11,14-24H,3-4,12-13H2,1-2H3/i3D2. The zero-order valence-electron chi connectivity index (χ0n) is 26.7. The predicted molar refractivity (Wildman–Crippen MR) is 181 cm³/mol. The van der Waals surface area contributed by atoms with E-state index in [1.807, 2.05) is 12.1 Å². The minimum Gasteiger partial charge on any atom is -0.278 e. The molecule has 0 saturated carbocycles. The Labute approximate surface area is 257 Å². The molecule has 5 aromatic carbocycles. The number of para-hydroxylation sites is 6. The van der Waals surface area contributed by atoms with Crippen molar-refractivity contribution in [2.24, 2.45) is 0 Å². The summed E-state index contributed by atoms with van der Waals surface area (Å²) >= 11 is 0. The molecule has 4 aromatic heterocycles. The van der Waals surface area contributed by atoms with Crippen LogP contribution >= 0.6 is 0 Å². The Kier molecular flexibility index (Phi) is 5.04. The first kappa shape index (κ1) is 23.1. The second kappa shape index (κ2) is 9.58. The maximum absolute atomic E-state index is 8.24. The maximum atomic E-state index is 8.24. The second-order valence-corrected chi connectivity index (χ2v) is 11.5. The van der Waals surface area contributed by atoms with Crippen molar-refractivity contribution in [1.29, 1.82) is 0 Å². The number of hydrogen-bond acceptors (Lipinski definition) is 2. The Balaban J connectivity index is 1.32. The molecule has 9 rings (SSSR count). The first-order valence-electron chi connectivity index (χ1n) is 16.3. The second-order valence-electron chi connectivity index (χ2n) is 11.5. The van der Waals surface area contributed by atoms with Crippen molar-refractivity contribution < 1.29 is 2.74 Å². The van der Waals surface area contributed by atoms with Crippen molar-refractivity contribution in [3.8, 4) is 11.4 Å². The topological polar surface area (TPSA) is 44.5 Å². The van der Waals surface area contributed by atoms with Gasteiger partial charge in [-0.3, -0.25) is 17.9 Å². The molecule has 0 aliphatic heterocycles. The fourth-order valence-corrected chi connectivity index (χ4v) is 7.05. The molecular formula is C38H32N6. The van der Waals surface area contributed by atoms with Crippen molar-refractivity contribution in [3.05, 3.63) is 120 Å². The van der Waals surface area contributed by atoms with E-state index in [-0.39, 0.29) is 0 Å². The van der Waals surface area contributed by atoms with Gasteiger partial charge in [-0.2, -0.15) is 0 Å². The quantitative estimate of drug-likeness (QED) is 0.199. The number of imidazole rings is 4. The first-order chi connectivity index (χ1) is 22.4. The molecule has 9 aromatic rings. The molecule has 0 aliphatic rings. The van der Waals surface area contributed by atoms with Crippen LogP contribution in [0, 0.1) is 0 Å². The molecular weight excluding hydrogens is 540 g/mol. The van der Waals surface area contributed by atoms with Gasteiger partial charge in [-0.25, -0.2) is 9.97 Å². The highest BCUT2D eigenvalue weighted by molar-refractivity contribution is 5.95. The van der Waals surface area contributed by atoms with E-state index in [4.69, 9.17) is 12.7 Å². The van der Waals surface area contributed by atoms with E-state index in [9.17, 15) is 0 Å². The molecule has 0 saturated heterocycles. The average Bonchev–Trinajstić information content (AvgIpc) is 3.78. The lowest BCUT2D eigenvalue weighted by Crippen LogP contribution is -2.00. The lowest BCUT2D eigenvalue weighted by molar-refractivity contribution is 0.927. The third kappa shape index (κ3) is 3.42. The SMILES string of the molecule is [2H]C([2H])(C)Cc1cccc2c1nc1n(-c3cccc(-n4c5ccccc5n5c6cccc(CCC)c6nc45)c3)c3ccccc3n21. The number of fused-ring (bicyclic) bond motifs is 10. The van der Waals surface area contributed by atoms with E-state index in [0.717, 1.165) is 85.5 Å². The Morgan fingerprint density at radius 1 is 0.523 bits per heavy atom. The molecule has 0 atom stereocenters. The smallest absolute Gasteiger partial charge is 0.220 e. The number of nitrogens with zero attached hydrogens (tertiary/aromatic N) is 6. The summed E-state index contributed by atoms with van der Waals surface area (Å²) < 4.78 is 25.5. The summed E-state index contributed by atoms with van der Waals surface area (Å²) in [7, 11) is 0. The monoisotopic (exact) mass is 574 g/mol. The van der Waals surface area contributed by atoms with Crippen molar-refractivity contribution in [3.63, 3.8) is 0 Å². The van der Waals surface area contributed by atoms with Gasteiger partial charge in [0.1, 0.15) is 0 Å². The maximum Gasteiger partial charge on any atom is 0.220 e. The van der Waals surface area contributed by atoms with E-state index >= 15 is 0 Å². The van der Waals surface area contributed by atoms with Gasteiger partial charge in [0, 0.05) is 2.74 Å². The van der Waals surface area contributed by atoms with Gasteiger partial charge in [-0.05, 0) is 78.6 Å². The molecule has 0 aliphatic carbocycles. The van der Waals surface area contributed by atoms with Gasteiger partial charge in [0.15, 0.2) is 0 Å². The average molecular weight is 575 g/mol. The third-order valence-electron chi connectivity index (χ3n) is 8.86. The Hall–Kier alpha value is -5.36. The van der Waals surface area contributed by atoms with Crippen LogP contribution in [0.5, 0.6) is 0 Å². The van der Waals surface area contributed by atoms with Crippen molar-refractivity contribution in [1.82, 2.24) is 27.9 Å². The fourth-order valence-electron chi connectivity index (χ4n) is 7.05. The summed E-state index contributed by atoms with van der Waals surface area (Å²) in [5.74, 6) is 1.69. The van der Waals surface area contributed by atoms with Crippen molar-refractivity contribution in [2.75, 3.05) is 0 Å². The van der Waals surface area contributed by atoms with E-state index in [0.29, 0.717) is 6.42 Å². The van der Waals surface area contributed by atoms with Crippen LogP contribution in [0.4, 0.5) is 0 Å². The molecule has 0 radical (unpaired) electrons. The lowest BCUT2D eigenvalue weighted by Gasteiger charge is -2.10. The van der Waals surface area contributed by atoms with Gasteiger partial charge in [-0.15, -0.1) is 0 Å². The van der Waals surface area contributed by atoms with E-state index in [1.54, 1.807) is 6.92 Å². The molecule has 0 bridgehead atoms. The molecule has 4 heterocycles. The highest BCUT2D eigenvalue weighted by atomic mass is 15.2. The van der Waals surface area contributed by atoms with Crippen LogP contribution in [-0.2, 0) is 12.8 Å². The number of benzene rings is 5. The molecule has 0 unspecified atom stereocenters. The molecule has 44 heavy (non-hydrogen) atoms. The molecule has 0 spiro atoms. The van der Waals surface area contributed by atoms with Gasteiger partial charge in [0.25, 0.3) is 0 Å². The minimum atomic E-state index is -1.34. The van der Waals surface area contributed by atoms with Crippen LogP contribution in [-0.4, -0.2) is 27.9 Å². The predicted octanol–water partition coefficient (Wildman–Crippen LogP) is 9.08. The van der Waals surface area contributed by atoms with Crippen LogP contribution in [0.3, 0.4) is 0 Å². The van der Waals surface area contributed by atoms with Gasteiger partial charge in [0.05, 0.1) is 55.5 Å². The minimum absolute atomic E-state index is 0.299. The summed E-state index contributed by atoms with van der Waals surface area (Å²) in [6.45, 7) is 3.83. The molecule has 6 heteroatoms. The van der Waals surface area contributed by atoms with Gasteiger partial charge >= 0.3 is 0 Å². The van der Waals surface area contributed by atoms with Crippen LogP contribution in [0.1, 0.15) is 40.5 Å². The summed E-state index contributed by atoms with van der Waals surface area (Å²) in [5.41, 5.74) is 12.5. The van der Waals surface area contributed by atoms with Crippen molar-refractivity contribution in [2.45, 2.75) is 39.5 Å². The summed E-state index contributed by atoms with van der Waals surface area (Å²) in [6, 6.07) is 38.1. The number of hydrogen-bond donors (Lipinski definition) is 0. The van der Waals surface area contributed by atoms with Crippen LogP contribution < -0.4 is 0 Å². The molecule has 0 amide bonds. The zero-order valence-corrected chi connectivity index (χ0v) is 24.7. The van der Waals surface area contributed by atoms with Crippen molar-refractivity contribution >= 4 is 55.7 Å². The summed E-state index contributed by atoms with van der Waals surface area (Å²) in [5, 5.41) is 0. The van der Waals surface area contributed by atoms with Gasteiger partial charge < -0.3 is 0 Å². The largest absolute Gasteiger partial charge is 0.278 e. The molecule has 0 fully saturated rings. The Morgan fingerprint density at radius 3 is 1.48 bits per heavy atom. The summed E-state index contributed by atoms with van der Waals surface area (Å²) in [4.78, 5) is 10.5. The van der Waals surface area contributed by atoms with Crippen LogP contribution in [0.2, 0.25) is 0 Å². The molecule has 6 nitrogen and oxygen atoms in total. The normalized spacial score (nSPS) is 13.2. The third-order valence-corrected chi connectivity index (χ3v) is 8.86. The number of aryl methyl sites for hydroxylation is 2. The van der Waals surface area contributed by atoms with Gasteiger partial charge in [-0.1, -0.05) is 81.2 Å². The van der Waals surface area contributed by atoms with E-state index in [2.05, 4.69) is 122 Å². The highest BCUT2D eigenvalue weighted by Crippen LogP contribution is 2.34. The van der Waals surface area contributed by atoms with Crippen LogP contribution in [0.25, 0.3) is 67.1 Å². The lowest BCUT2D eigenvalue weighted by atomic mass is 10.1. The Morgan fingerprint density at radius 2 is 0.977 bits per heavy atom.